The molecule has 2 heterocycles. The van der Waals surface area contributed by atoms with Gasteiger partial charge in [0.15, 0.2) is 5.78 Å². The third kappa shape index (κ3) is 4.99. The van der Waals surface area contributed by atoms with E-state index in [2.05, 4.69) is 0 Å². The van der Waals surface area contributed by atoms with Crippen LogP contribution in [0.4, 0.5) is 20.2 Å². The van der Waals surface area contributed by atoms with Gasteiger partial charge in [0.2, 0.25) is 11.8 Å². The summed E-state index contributed by atoms with van der Waals surface area (Å²) in [5.41, 5.74) is -3.77. The Morgan fingerprint density at radius 2 is 1.25 bits per heavy atom. The number of halogens is 2. The largest absolute Gasteiger partial charge is 0.381 e. The molecule has 0 bridgehead atoms. The maximum Gasteiger partial charge on any atom is 0.241 e. The molecule has 2 aliphatic heterocycles. The van der Waals surface area contributed by atoms with Crippen LogP contribution in [-0.4, -0.2) is 48.5 Å². The second-order valence-corrected chi connectivity index (χ2v) is 14.8. The number of anilines is 2. The topological polar surface area (TPSA) is 87.2 Å². The Bertz CT molecular complexity index is 2080. The predicted molar refractivity (Wildman–Crippen MR) is 200 cm³/mol. The highest BCUT2D eigenvalue weighted by Gasteiger charge is 2.86. The minimum absolute atomic E-state index is 0.0290. The zero-order valence-corrected chi connectivity index (χ0v) is 30.9. The second-order valence-electron chi connectivity index (χ2n) is 14.8. The number of hydrogen-bond acceptors (Lipinski definition) is 5. The summed E-state index contributed by atoms with van der Waals surface area (Å²) in [7, 11) is 0. The third-order valence-electron chi connectivity index (χ3n) is 11.7. The van der Waals surface area contributed by atoms with Gasteiger partial charge in [-0.1, -0.05) is 86.3 Å². The number of ketones is 1. The van der Waals surface area contributed by atoms with Gasteiger partial charge in [-0.15, -0.1) is 0 Å². The van der Waals surface area contributed by atoms with E-state index in [0.29, 0.717) is 24.2 Å². The Kier molecular flexibility index (Phi) is 9.40. The van der Waals surface area contributed by atoms with Gasteiger partial charge in [-0.2, -0.15) is 0 Å². The van der Waals surface area contributed by atoms with Gasteiger partial charge in [0.1, 0.15) is 34.2 Å². The molecule has 0 unspecified atom stereocenters. The van der Waals surface area contributed by atoms with Crippen LogP contribution in [0.25, 0.3) is 0 Å². The van der Waals surface area contributed by atoms with E-state index >= 15 is 23.2 Å². The highest BCUT2D eigenvalue weighted by Crippen LogP contribution is 2.72. The van der Waals surface area contributed by atoms with Crippen LogP contribution in [0, 0.1) is 31.4 Å². The van der Waals surface area contributed by atoms with Gasteiger partial charge in [-0.3, -0.25) is 14.4 Å². The number of benzene rings is 4. The van der Waals surface area contributed by atoms with Crippen molar-refractivity contribution in [1.29, 1.82) is 0 Å². The van der Waals surface area contributed by atoms with Gasteiger partial charge in [0, 0.05) is 36.6 Å². The Balaban J connectivity index is 1.71. The zero-order chi connectivity index (χ0) is 37.9. The van der Waals surface area contributed by atoms with E-state index in [1.54, 1.807) is 60.4 Å². The number of carbonyl (C=O) groups excluding carboxylic acids is 3. The number of amides is 2. The van der Waals surface area contributed by atoms with Crippen molar-refractivity contribution in [3.05, 3.63) is 130 Å². The van der Waals surface area contributed by atoms with Gasteiger partial charge in [0.25, 0.3) is 0 Å². The van der Waals surface area contributed by atoms with Crippen LogP contribution in [0.15, 0.2) is 84.9 Å². The van der Waals surface area contributed by atoms with E-state index < -0.39 is 57.7 Å². The molecular formula is C44H46F2N2O5. The van der Waals surface area contributed by atoms with Crippen molar-refractivity contribution in [3.63, 3.8) is 0 Å². The minimum atomic E-state index is -2.46. The quantitative estimate of drug-likeness (QED) is 0.160. The van der Waals surface area contributed by atoms with E-state index in [4.69, 9.17) is 4.74 Å². The molecular weight excluding hydrogens is 674 g/mol. The number of carbonyl (C=O) groups is 3. The molecule has 9 heteroatoms. The number of unbranched alkanes of at least 4 members (excludes halogenated alkanes) is 2. The lowest BCUT2D eigenvalue weighted by Crippen LogP contribution is -2.59. The fraction of sp³-hybridized carbons (Fsp3) is 0.386. The van der Waals surface area contributed by atoms with Crippen molar-refractivity contribution < 1.29 is 33.0 Å². The number of fused-ring (bicyclic) bond motifs is 4. The number of rotatable bonds is 11. The molecule has 1 aliphatic carbocycles. The predicted octanol–water partition coefficient (Wildman–Crippen LogP) is 7.86. The van der Waals surface area contributed by atoms with E-state index in [1.807, 2.05) is 27.7 Å². The monoisotopic (exact) mass is 720 g/mol. The highest BCUT2D eigenvalue weighted by atomic mass is 19.1. The summed E-state index contributed by atoms with van der Waals surface area (Å²) in [4.78, 5) is 50.6. The maximum atomic E-state index is 15.9. The molecule has 1 saturated carbocycles. The van der Waals surface area contributed by atoms with Crippen molar-refractivity contribution in [3.8, 4) is 0 Å². The highest BCUT2D eigenvalue weighted by molar-refractivity contribution is 6.21. The van der Waals surface area contributed by atoms with Crippen molar-refractivity contribution in [1.82, 2.24) is 0 Å². The van der Waals surface area contributed by atoms with Crippen LogP contribution < -0.4 is 9.80 Å². The summed E-state index contributed by atoms with van der Waals surface area (Å²) < 4.78 is 38.3. The Morgan fingerprint density at radius 1 is 0.736 bits per heavy atom. The standard InChI is InChI=1S/C44H46F2N2O5/c1-6-9-23-47-35-21-19-31(45)25-33(35)42(40(47)50)38(37(49)29-15-11-27(4)12-16-29)43(44(52,39(42)53-8-3)30-17-13-28(5)14-18-30)34-26-32(46)20-22-36(34)48(41(43)51)24-10-7-2/h11-22,25-26,38-39,52H,6-10,23-24H2,1-5H3/t38-,39-,42-,43+,44-/m1/s1. The molecule has 1 N–H and O–H groups in total. The summed E-state index contributed by atoms with van der Waals surface area (Å²) in [6.07, 6.45) is 1.04. The lowest BCUT2D eigenvalue weighted by atomic mass is 9.58. The molecule has 3 aliphatic rings. The molecule has 5 atom stereocenters. The van der Waals surface area contributed by atoms with Crippen LogP contribution in [0.5, 0.6) is 0 Å². The van der Waals surface area contributed by atoms with Gasteiger partial charge < -0.3 is 19.6 Å². The molecule has 7 rings (SSSR count). The molecule has 2 amide bonds. The van der Waals surface area contributed by atoms with E-state index in [-0.39, 0.29) is 42.0 Å². The first kappa shape index (κ1) is 36.6. The first-order chi connectivity index (χ1) is 25.4. The average Bonchev–Trinajstić information content (AvgIpc) is 3.62. The van der Waals surface area contributed by atoms with Gasteiger partial charge >= 0.3 is 0 Å². The van der Waals surface area contributed by atoms with Gasteiger partial charge in [-0.25, -0.2) is 8.78 Å². The van der Waals surface area contributed by atoms with E-state index in [9.17, 15) is 5.11 Å². The van der Waals surface area contributed by atoms with Gasteiger partial charge in [-0.05, 0) is 86.7 Å². The number of nitrogens with zero attached hydrogens (tertiary/aromatic N) is 2. The third-order valence-corrected chi connectivity index (χ3v) is 11.7. The second kappa shape index (κ2) is 13.6. The van der Waals surface area contributed by atoms with E-state index in [0.717, 1.165) is 24.0 Å². The molecule has 1 fully saturated rings. The molecule has 4 aromatic carbocycles. The average molecular weight is 721 g/mol. The lowest BCUT2D eigenvalue weighted by molar-refractivity contribution is -0.158. The van der Waals surface area contributed by atoms with Crippen LogP contribution in [0.1, 0.15) is 84.6 Å². The molecule has 53 heavy (non-hydrogen) atoms. The molecule has 276 valence electrons. The molecule has 0 saturated heterocycles. The number of ether oxygens (including phenoxy) is 1. The summed E-state index contributed by atoms with van der Waals surface area (Å²) in [6, 6.07) is 21.8. The molecule has 2 spiro atoms. The summed E-state index contributed by atoms with van der Waals surface area (Å²) >= 11 is 0. The van der Waals surface area contributed by atoms with Crippen molar-refractivity contribution >= 4 is 29.0 Å². The lowest BCUT2D eigenvalue weighted by Gasteiger charge is -2.43. The zero-order valence-electron chi connectivity index (χ0n) is 30.9. The Labute approximate surface area is 309 Å². The van der Waals surface area contributed by atoms with E-state index in [1.165, 1.54) is 41.3 Å². The number of aryl methyl sites for hydroxylation is 2. The molecule has 7 nitrogen and oxygen atoms in total. The first-order valence-corrected chi connectivity index (χ1v) is 18.7. The van der Waals surface area contributed by atoms with Crippen LogP contribution in [0.2, 0.25) is 0 Å². The Hall–Kier alpha value is -4.73. The van der Waals surface area contributed by atoms with Crippen LogP contribution >= 0.6 is 0 Å². The number of Topliss-reactive ketones (excluding diaryl/α,β-unsaturated/α-hetero) is 1. The fourth-order valence-electron chi connectivity index (χ4n) is 9.42. The van der Waals surface area contributed by atoms with Crippen LogP contribution in [0.3, 0.4) is 0 Å². The van der Waals surface area contributed by atoms with Crippen LogP contribution in [-0.2, 0) is 30.8 Å². The first-order valence-electron chi connectivity index (χ1n) is 18.7. The molecule has 4 aromatic rings. The smallest absolute Gasteiger partial charge is 0.241 e. The molecule has 0 radical (unpaired) electrons. The Morgan fingerprint density at radius 3 is 1.79 bits per heavy atom. The summed E-state index contributed by atoms with van der Waals surface area (Å²) in [5, 5.41) is 14.1. The normalized spacial score (nSPS) is 25.9. The minimum Gasteiger partial charge on any atom is -0.381 e. The summed E-state index contributed by atoms with van der Waals surface area (Å²) in [5.74, 6) is -4.86. The SMILES string of the molecule is CCCCN1C(=O)[C@@]2(c3cc(F)ccc31)[C@@H](OCC)[C@](O)(c1ccc(C)cc1)[C@]1(C(=O)N(CCCC)c3ccc(F)cc31)[C@@H]2C(=O)c1ccc(C)cc1. The fourth-order valence-corrected chi connectivity index (χ4v) is 9.42. The summed E-state index contributed by atoms with van der Waals surface area (Å²) in [6.45, 7) is 9.89. The number of aliphatic hydroxyl groups is 1. The van der Waals surface area contributed by atoms with Crippen molar-refractivity contribution in [2.45, 2.75) is 82.8 Å². The maximum absolute atomic E-state index is 15.9. The number of hydrogen-bond donors (Lipinski definition) is 1. The molecule has 0 aromatic heterocycles. The van der Waals surface area contributed by atoms with Crippen molar-refractivity contribution in [2.75, 3.05) is 29.5 Å². The van der Waals surface area contributed by atoms with Gasteiger partial charge in [0.05, 0.1) is 5.92 Å². The van der Waals surface area contributed by atoms with Crippen molar-refractivity contribution in [2.24, 2.45) is 5.92 Å².